The number of hydrogen-bond acceptors (Lipinski definition) is 5. The minimum atomic E-state index is -0.187. The zero-order valence-electron chi connectivity index (χ0n) is 21.3. The van der Waals surface area contributed by atoms with Gasteiger partial charge in [-0.3, -0.25) is 9.36 Å². The van der Waals surface area contributed by atoms with Crippen LogP contribution >= 0.6 is 11.3 Å². The summed E-state index contributed by atoms with van der Waals surface area (Å²) < 4.78 is 8.27. The first-order valence-electron chi connectivity index (χ1n) is 12.7. The fourth-order valence-electron chi connectivity index (χ4n) is 5.26. The highest BCUT2D eigenvalue weighted by molar-refractivity contribution is 7.07. The maximum Gasteiger partial charge on any atom is 0.271 e. The van der Waals surface area contributed by atoms with Crippen molar-refractivity contribution >= 4 is 28.8 Å². The Labute approximate surface area is 220 Å². The van der Waals surface area contributed by atoms with Crippen molar-refractivity contribution in [3.05, 3.63) is 120 Å². The van der Waals surface area contributed by atoms with Crippen LogP contribution in [0, 0.1) is 0 Å². The number of anilines is 1. The number of allylic oxidation sites excluding steroid dienone is 1. The van der Waals surface area contributed by atoms with Crippen LogP contribution in [0.15, 0.2) is 88.2 Å². The number of ether oxygens (including phenoxy) is 1. The van der Waals surface area contributed by atoms with E-state index in [0.29, 0.717) is 11.1 Å². The lowest BCUT2D eigenvalue weighted by atomic mass is 9.83. The van der Waals surface area contributed by atoms with E-state index in [1.807, 2.05) is 43.8 Å². The molecule has 0 radical (unpaired) electrons. The zero-order chi connectivity index (χ0) is 25.5. The van der Waals surface area contributed by atoms with Gasteiger partial charge in [0.2, 0.25) is 0 Å². The quantitative estimate of drug-likeness (QED) is 0.391. The molecule has 1 unspecified atom stereocenters. The monoisotopic (exact) mass is 507 g/mol. The molecular weight excluding hydrogens is 478 g/mol. The molecule has 4 aromatic rings. The van der Waals surface area contributed by atoms with Gasteiger partial charge in [-0.25, -0.2) is 4.99 Å². The van der Waals surface area contributed by atoms with Gasteiger partial charge < -0.3 is 9.64 Å². The van der Waals surface area contributed by atoms with Gasteiger partial charge in [0, 0.05) is 25.3 Å². The number of nitrogens with zero attached hydrogens (tertiary/aromatic N) is 3. The number of aryl methyl sites for hydroxylation is 1. The number of thiazole rings is 1. The summed E-state index contributed by atoms with van der Waals surface area (Å²) in [5.41, 5.74) is 7.93. The summed E-state index contributed by atoms with van der Waals surface area (Å²) in [4.78, 5) is 21.8. The van der Waals surface area contributed by atoms with Crippen LogP contribution in [0.4, 0.5) is 5.69 Å². The van der Waals surface area contributed by atoms with E-state index < -0.39 is 0 Å². The first kappa shape index (κ1) is 23.5. The second-order valence-electron chi connectivity index (χ2n) is 9.60. The summed E-state index contributed by atoms with van der Waals surface area (Å²) >= 11 is 1.47. The normalized spacial score (nSPS) is 16.5. The molecule has 0 bridgehead atoms. The Hall–Kier alpha value is -3.90. The largest absolute Gasteiger partial charge is 0.494 e. The van der Waals surface area contributed by atoms with Crippen molar-refractivity contribution in [2.45, 2.75) is 25.8 Å². The Balaban J connectivity index is 1.54. The Morgan fingerprint density at radius 2 is 1.78 bits per heavy atom. The van der Waals surface area contributed by atoms with Crippen molar-refractivity contribution in [2.24, 2.45) is 4.99 Å². The third kappa shape index (κ3) is 4.21. The number of rotatable bonds is 5. The van der Waals surface area contributed by atoms with Gasteiger partial charge in [0.05, 0.1) is 22.9 Å². The molecule has 1 aliphatic carbocycles. The molecular formula is C31H29N3O2S. The van der Waals surface area contributed by atoms with Gasteiger partial charge >= 0.3 is 0 Å². The molecule has 0 saturated heterocycles. The van der Waals surface area contributed by atoms with Gasteiger partial charge in [-0.15, -0.1) is 0 Å². The molecule has 0 spiro atoms. The molecule has 37 heavy (non-hydrogen) atoms. The van der Waals surface area contributed by atoms with Gasteiger partial charge in [0.25, 0.3) is 5.56 Å². The van der Waals surface area contributed by atoms with Gasteiger partial charge in [0.1, 0.15) is 5.75 Å². The van der Waals surface area contributed by atoms with Crippen LogP contribution in [0.5, 0.6) is 5.75 Å². The van der Waals surface area contributed by atoms with E-state index in [2.05, 4.69) is 65.6 Å². The van der Waals surface area contributed by atoms with Crippen LogP contribution in [0.25, 0.3) is 11.8 Å². The van der Waals surface area contributed by atoms with Gasteiger partial charge in [-0.1, -0.05) is 59.9 Å². The highest BCUT2D eigenvalue weighted by atomic mass is 32.1. The smallest absolute Gasteiger partial charge is 0.271 e. The average molecular weight is 508 g/mol. The molecule has 2 aliphatic rings. The fourth-order valence-corrected chi connectivity index (χ4v) is 6.26. The average Bonchev–Trinajstić information content (AvgIpc) is 3.22. The first-order chi connectivity index (χ1) is 18.0. The van der Waals surface area contributed by atoms with E-state index >= 15 is 0 Å². The minimum absolute atomic E-state index is 0.00438. The molecule has 6 rings (SSSR count). The predicted octanol–water partition coefficient (Wildman–Crippen LogP) is 4.78. The van der Waals surface area contributed by atoms with Crippen LogP contribution in [-0.4, -0.2) is 25.3 Å². The second-order valence-corrected chi connectivity index (χ2v) is 10.6. The molecule has 6 heteroatoms. The number of hydrogen-bond donors (Lipinski definition) is 0. The van der Waals surface area contributed by atoms with E-state index in [4.69, 9.17) is 9.73 Å². The zero-order valence-corrected chi connectivity index (χ0v) is 22.1. The summed E-state index contributed by atoms with van der Waals surface area (Å²) in [6, 6.07) is 24.7. The Kier molecular flexibility index (Phi) is 6.05. The van der Waals surface area contributed by atoms with E-state index in [0.717, 1.165) is 45.9 Å². The van der Waals surface area contributed by atoms with Crippen LogP contribution in [0.1, 0.15) is 41.6 Å². The molecule has 5 nitrogen and oxygen atoms in total. The van der Waals surface area contributed by atoms with Gasteiger partial charge in [-0.05, 0) is 72.4 Å². The molecule has 0 fully saturated rings. The molecule has 0 amide bonds. The molecule has 3 aromatic carbocycles. The molecule has 2 heterocycles. The Morgan fingerprint density at radius 1 is 1.03 bits per heavy atom. The number of aromatic nitrogens is 1. The maximum absolute atomic E-state index is 13.9. The SMILES string of the molecule is CCOc1ccc(C2C3=C(N=c4sc(=Cc5ccc(N(C)C)cc5)c(=O)n42)c2ccccc2CC3)cc1. The standard InChI is InChI=1S/C31H29N3O2S/c1-4-36-24-16-11-22(12-17-24)29-26-18-13-21-7-5-6-8-25(21)28(26)32-31-34(29)30(35)27(37-31)19-20-9-14-23(15-10-20)33(2)3/h5-12,14-17,19,29H,4,13,18H2,1-3H3. The molecule has 1 aliphatic heterocycles. The molecule has 1 aromatic heterocycles. The Morgan fingerprint density at radius 3 is 2.51 bits per heavy atom. The summed E-state index contributed by atoms with van der Waals surface area (Å²) in [6.45, 7) is 2.60. The lowest BCUT2D eigenvalue weighted by Crippen LogP contribution is -2.38. The minimum Gasteiger partial charge on any atom is -0.494 e. The lowest BCUT2D eigenvalue weighted by Gasteiger charge is -2.30. The molecule has 1 atom stereocenters. The third-order valence-corrected chi connectivity index (χ3v) is 8.07. The van der Waals surface area contributed by atoms with Gasteiger partial charge in [-0.2, -0.15) is 0 Å². The Bertz CT molecular complexity index is 1680. The number of benzene rings is 3. The van der Waals surface area contributed by atoms with E-state index in [9.17, 15) is 4.79 Å². The summed E-state index contributed by atoms with van der Waals surface area (Å²) in [5.74, 6) is 0.836. The highest BCUT2D eigenvalue weighted by Crippen LogP contribution is 2.41. The maximum atomic E-state index is 13.9. The second kappa shape index (κ2) is 9.52. The van der Waals surface area contributed by atoms with Crippen molar-refractivity contribution in [2.75, 3.05) is 25.6 Å². The van der Waals surface area contributed by atoms with Crippen molar-refractivity contribution in [3.8, 4) is 5.75 Å². The molecule has 186 valence electrons. The molecule has 0 N–H and O–H groups in total. The topological polar surface area (TPSA) is 46.8 Å². The predicted molar refractivity (Wildman–Crippen MR) is 151 cm³/mol. The number of fused-ring (bicyclic) bond motifs is 3. The summed E-state index contributed by atoms with van der Waals surface area (Å²) in [6.07, 6.45) is 3.81. The van der Waals surface area contributed by atoms with Crippen molar-refractivity contribution in [1.82, 2.24) is 4.57 Å². The van der Waals surface area contributed by atoms with E-state index in [1.54, 1.807) is 0 Å². The van der Waals surface area contributed by atoms with Crippen molar-refractivity contribution < 1.29 is 4.74 Å². The first-order valence-corrected chi connectivity index (χ1v) is 13.5. The van der Waals surface area contributed by atoms with Crippen LogP contribution in [0.3, 0.4) is 0 Å². The summed E-state index contributed by atoms with van der Waals surface area (Å²) in [7, 11) is 4.04. The fraction of sp³-hybridized carbons (Fsp3) is 0.226. The van der Waals surface area contributed by atoms with Crippen LogP contribution in [0.2, 0.25) is 0 Å². The van der Waals surface area contributed by atoms with Crippen LogP contribution < -0.4 is 24.5 Å². The molecule has 0 saturated carbocycles. The van der Waals surface area contributed by atoms with Gasteiger partial charge in [0.15, 0.2) is 4.80 Å². The summed E-state index contributed by atoms with van der Waals surface area (Å²) in [5, 5.41) is 0. The lowest BCUT2D eigenvalue weighted by molar-refractivity contribution is 0.340. The van der Waals surface area contributed by atoms with Crippen LogP contribution in [-0.2, 0) is 6.42 Å². The third-order valence-electron chi connectivity index (χ3n) is 7.09. The van der Waals surface area contributed by atoms with Crippen molar-refractivity contribution in [3.63, 3.8) is 0 Å². The van der Waals surface area contributed by atoms with E-state index in [1.165, 1.54) is 28.0 Å². The van der Waals surface area contributed by atoms with Crippen molar-refractivity contribution in [1.29, 1.82) is 0 Å². The highest BCUT2D eigenvalue weighted by Gasteiger charge is 2.32. The van der Waals surface area contributed by atoms with E-state index in [-0.39, 0.29) is 11.6 Å².